The summed E-state index contributed by atoms with van der Waals surface area (Å²) in [5, 5.41) is 8.25. The number of sulfone groups is 1. The van der Waals surface area contributed by atoms with E-state index in [1.807, 2.05) is 0 Å². The SMILES string of the molecule is Cc1c(C(=O)O[C@H]2CCS(=O)(=O)C2)nnn1-c1ccccc1Cl. The van der Waals surface area contributed by atoms with Crippen molar-refractivity contribution >= 4 is 27.4 Å². The Morgan fingerprint density at radius 3 is 2.78 bits per heavy atom. The lowest BCUT2D eigenvalue weighted by molar-refractivity contribution is 0.0348. The average molecular weight is 356 g/mol. The molecule has 1 fully saturated rings. The van der Waals surface area contributed by atoms with Crippen LogP contribution in [0.15, 0.2) is 24.3 Å². The van der Waals surface area contributed by atoms with Gasteiger partial charge in [-0.25, -0.2) is 17.9 Å². The van der Waals surface area contributed by atoms with Crippen molar-refractivity contribution in [2.75, 3.05) is 11.5 Å². The van der Waals surface area contributed by atoms with E-state index in [-0.39, 0.29) is 17.2 Å². The molecule has 1 aromatic carbocycles. The van der Waals surface area contributed by atoms with Gasteiger partial charge in [-0.2, -0.15) is 0 Å². The maximum absolute atomic E-state index is 12.2. The highest BCUT2D eigenvalue weighted by Gasteiger charge is 2.32. The van der Waals surface area contributed by atoms with Crippen LogP contribution in [0.25, 0.3) is 5.69 Å². The molecule has 122 valence electrons. The topological polar surface area (TPSA) is 91.2 Å². The number of ether oxygens (including phenoxy) is 1. The molecule has 1 aliphatic rings. The number of nitrogens with zero attached hydrogens (tertiary/aromatic N) is 3. The van der Waals surface area contributed by atoms with Crippen LogP contribution in [-0.2, 0) is 14.6 Å². The van der Waals surface area contributed by atoms with Crippen LogP contribution in [-0.4, -0.2) is 47.0 Å². The van der Waals surface area contributed by atoms with Gasteiger partial charge in [0, 0.05) is 0 Å². The molecule has 2 heterocycles. The van der Waals surface area contributed by atoms with Gasteiger partial charge in [0.15, 0.2) is 15.5 Å². The molecule has 3 rings (SSSR count). The first-order chi connectivity index (χ1) is 10.9. The monoisotopic (exact) mass is 355 g/mol. The van der Waals surface area contributed by atoms with Gasteiger partial charge in [-0.15, -0.1) is 5.10 Å². The zero-order valence-corrected chi connectivity index (χ0v) is 13.8. The van der Waals surface area contributed by atoms with Crippen molar-refractivity contribution in [1.82, 2.24) is 15.0 Å². The number of aromatic nitrogens is 3. The van der Waals surface area contributed by atoms with Crippen LogP contribution in [0.2, 0.25) is 5.02 Å². The molecule has 0 radical (unpaired) electrons. The van der Waals surface area contributed by atoms with Crippen molar-refractivity contribution in [1.29, 1.82) is 0 Å². The third-order valence-electron chi connectivity index (χ3n) is 3.63. The van der Waals surface area contributed by atoms with Crippen molar-refractivity contribution in [2.24, 2.45) is 0 Å². The number of para-hydroxylation sites is 1. The van der Waals surface area contributed by atoms with E-state index in [9.17, 15) is 13.2 Å². The van der Waals surface area contributed by atoms with Gasteiger partial charge in [0.1, 0.15) is 6.10 Å². The van der Waals surface area contributed by atoms with Gasteiger partial charge in [0.25, 0.3) is 0 Å². The predicted molar refractivity (Wildman–Crippen MR) is 83.6 cm³/mol. The van der Waals surface area contributed by atoms with Gasteiger partial charge in [-0.3, -0.25) is 0 Å². The molecule has 1 aliphatic heterocycles. The molecule has 0 unspecified atom stereocenters. The summed E-state index contributed by atoms with van der Waals surface area (Å²) >= 11 is 6.12. The number of carbonyl (C=O) groups is 1. The summed E-state index contributed by atoms with van der Waals surface area (Å²) in [4.78, 5) is 12.2. The van der Waals surface area contributed by atoms with Crippen molar-refractivity contribution in [2.45, 2.75) is 19.4 Å². The number of hydrogen-bond acceptors (Lipinski definition) is 6. The lowest BCUT2D eigenvalue weighted by Gasteiger charge is -2.09. The summed E-state index contributed by atoms with van der Waals surface area (Å²) in [7, 11) is -3.11. The zero-order chi connectivity index (χ0) is 16.6. The molecule has 2 aromatic rings. The molecule has 23 heavy (non-hydrogen) atoms. The van der Waals surface area contributed by atoms with Crippen LogP contribution in [0, 0.1) is 6.92 Å². The van der Waals surface area contributed by atoms with E-state index in [0.717, 1.165) is 0 Å². The van der Waals surface area contributed by atoms with Crippen molar-refractivity contribution < 1.29 is 17.9 Å². The highest BCUT2D eigenvalue weighted by atomic mass is 35.5. The minimum absolute atomic E-state index is 0.0379. The van der Waals surface area contributed by atoms with E-state index < -0.39 is 21.9 Å². The Morgan fingerprint density at radius 1 is 1.39 bits per heavy atom. The van der Waals surface area contributed by atoms with Gasteiger partial charge in [-0.05, 0) is 25.5 Å². The molecule has 0 amide bonds. The van der Waals surface area contributed by atoms with Gasteiger partial charge in [-0.1, -0.05) is 28.9 Å². The Bertz CT molecular complexity index is 863. The molecule has 1 saturated heterocycles. The molecule has 7 nitrogen and oxygen atoms in total. The minimum atomic E-state index is -3.11. The van der Waals surface area contributed by atoms with E-state index in [2.05, 4.69) is 10.3 Å². The van der Waals surface area contributed by atoms with Crippen LogP contribution in [0.3, 0.4) is 0 Å². The largest absolute Gasteiger partial charge is 0.456 e. The first-order valence-corrected chi connectivity index (χ1v) is 9.16. The Kier molecular flexibility index (Phi) is 4.11. The summed E-state index contributed by atoms with van der Waals surface area (Å²) in [6, 6.07) is 7.04. The number of carbonyl (C=O) groups excluding carboxylic acids is 1. The van der Waals surface area contributed by atoms with Gasteiger partial charge in [0.05, 0.1) is 27.9 Å². The number of halogens is 1. The van der Waals surface area contributed by atoms with E-state index in [4.69, 9.17) is 16.3 Å². The summed E-state index contributed by atoms with van der Waals surface area (Å²) in [5.74, 6) is -0.782. The molecule has 1 aromatic heterocycles. The molecule has 0 saturated carbocycles. The Labute approximate surface area is 138 Å². The smallest absolute Gasteiger partial charge is 0.361 e. The Balaban J connectivity index is 1.82. The van der Waals surface area contributed by atoms with Crippen LogP contribution in [0.1, 0.15) is 22.6 Å². The van der Waals surface area contributed by atoms with Gasteiger partial charge >= 0.3 is 5.97 Å². The van der Waals surface area contributed by atoms with Crippen molar-refractivity contribution in [3.8, 4) is 5.69 Å². The summed E-state index contributed by atoms with van der Waals surface area (Å²) < 4.78 is 29.5. The molecule has 9 heteroatoms. The molecule has 0 N–H and O–H groups in total. The quantitative estimate of drug-likeness (QED) is 0.776. The standard InChI is InChI=1S/C14H14ClN3O4S/c1-9-13(14(19)22-10-6-7-23(20,21)8-10)16-17-18(9)12-5-3-2-4-11(12)15/h2-5,10H,6-8H2,1H3/t10-/m0/s1. The van der Waals surface area contributed by atoms with Gasteiger partial charge < -0.3 is 4.74 Å². The van der Waals surface area contributed by atoms with Gasteiger partial charge in [0.2, 0.25) is 0 Å². The van der Waals surface area contributed by atoms with Crippen molar-refractivity contribution in [3.05, 3.63) is 40.7 Å². The molecule has 0 aliphatic carbocycles. The number of esters is 1. The normalized spacial score (nSPS) is 19.7. The summed E-state index contributed by atoms with van der Waals surface area (Å²) in [6.45, 7) is 1.67. The number of hydrogen-bond donors (Lipinski definition) is 0. The first-order valence-electron chi connectivity index (χ1n) is 6.96. The maximum atomic E-state index is 12.2. The average Bonchev–Trinajstić information content (AvgIpc) is 3.02. The predicted octanol–water partition coefficient (Wildman–Crippen LogP) is 1.57. The number of rotatable bonds is 3. The fourth-order valence-corrected chi connectivity index (χ4v) is 4.24. The Hall–Kier alpha value is -1.93. The zero-order valence-electron chi connectivity index (χ0n) is 12.3. The second kappa shape index (κ2) is 5.93. The summed E-state index contributed by atoms with van der Waals surface area (Å²) in [6.07, 6.45) is -0.316. The van der Waals surface area contributed by atoms with Crippen LogP contribution < -0.4 is 0 Å². The lowest BCUT2D eigenvalue weighted by atomic mass is 10.3. The fourth-order valence-electron chi connectivity index (χ4n) is 2.43. The van der Waals surface area contributed by atoms with E-state index in [1.54, 1.807) is 31.2 Å². The number of benzene rings is 1. The second-order valence-electron chi connectivity index (χ2n) is 5.32. The third-order valence-corrected chi connectivity index (χ3v) is 5.69. The van der Waals surface area contributed by atoms with Crippen LogP contribution in [0.4, 0.5) is 0 Å². The highest BCUT2D eigenvalue weighted by molar-refractivity contribution is 7.91. The van der Waals surface area contributed by atoms with E-state index in [1.165, 1.54) is 4.68 Å². The maximum Gasteiger partial charge on any atom is 0.361 e. The molecular weight excluding hydrogens is 342 g/mol. The van der Waals surface area contributed by atoms with E-state index in [0.29, 0.717) is 22.8 Å². The molecule has 1 atom stereocenters. The minimum Gasteiger partial charge on any atom is -0.456 e. The lowest BCUT2D eigenvalue weighted by Crippen LogP contribution is -2.20. The first kappa shape index (κ1) is 15.9. The Morgan fingerprint density at radius 2 is 2.13 bits per heavy atom. The molecular formula is C14H14ClN3O4S. The van der Waals surface area contributed by atoms with Crippen LogP contribution in [0.5, 0.6) is 0 Å². The highest BCUT2D eigenvalue weighted by Crippen LogP contribution is 2.22. The van der Waals surface area contributed by atoms with Crippen LogP contribution >= 0.6 is 11.6 Å². The second-order valence-corrected chi connectivity index (χ2v) is 7.95. The molecule has 0 spiro atoms. The fraction of sp³-hybridized carbons (Fsp3) is 0.357. The van der Waals surface area contributed by atoms with Crippen molar-refractivity contribution in [3.63, 3.8) is 0 Å². The molecule has 0 bridgehead atoms. The van der Waals surface area contributed by atoms with E-state index >= 15 is 0 Å². The summed E-state index contributed by atoms with van der Waals surface area (Å²) in [5.41, 5.74) is 1.12. The third kappa shape index (κ3) is 3.23.